The van der Waals surface area contributed by atoms with E-state index in [-0.39, 0.29) is 36.9 Å². The molecule has 0 aliphatic rings. The van der Waals surface area contributed by atoms with Crippen molar-refractivity contribution < 1.29 is 28.7 Å². The normalized spacial score (nSPS) is 11.4. The predicted octanol–water partition coefficient (Wildman–Crippen LogP) is 4.98. The number of ether oxygens (including phenoxy) is 2. The minimum absolute atomic E-state index is 0.0595. The van der Waals surface area contributed by atoms with Gasteiger partial charge in [0.1, 0.15) is 0 Å². The smallest absolute Gasteiger partial charge is 0.340 e. The van der Waals surface area contributed by atoms with Crippen LogP contribution < -0.4 is 10.9 Å². The first-order chi connectivity index (χ1) is 17.8. The van der Waals surface area contributed by atoms with E-state index in [1.165, 1.54) is 9.35 Å². The molecule has 210 valence electrons. The highest BCUT2D eigenvalue weighted by atomic mass is 16.5. The Kier molecular flexibility index (Phi) is 10.3. The lowest BCUT2D eigenvalue weighted by Gasteiger charge is -2.21. The molecule has 0 aromatic carbocycles. The molecule has 0 spiro atoms. The molecule has 0 unspecified atom stereocenters. The Labute approximate surface area is 225 Å². The van der Waals surface area contributed by atoms with Crippen LogP contribution >= 0.6 is 0 Å². The Morgan fingerprint density at radius 3 is 1.18 bits per heavy atom. The lowest BCUT2D eigenvalue weighted by Crippen LogP contribution is -2.40. The number of amides is 2. The molecule has 0 atom stereocenters. The molecule has 2 N–H and O–H groups in total. The molecule has 2 aromatic rings. The Bertz CT molecular complexity index is 1090. The van der Waals surface area contributed by atoms with Gasteiger partial charge in [-0.05, 0) is 49.7 Å². The third-order valence-electron chi connectivity index (χ3n) is 6.03. The molecule has 10 nitrogen and oxygen atoms in total. The number of carbonyl (C=O) groups excluding carboxylic acids is 4. The molecule has 38 heavy (non-hydrogen) atoms. The zero-order valence-corrected chi connectivity index (χ0v) is 24.2. The third-order valence-corrected chi connectivity index (χ3v) is 6.03. The zero-order chi connectivity index (χ0) is 28.9. The van der Waals surface area contributed by atoms with Crippen molar-refractivity contribution in [2.75, 3.05) is 24.1 Å². The van der Waals surface area contributed by atoms with Crippen LogP contribution in [0, 0.1) is 0 Å². The van der Waals surface area contributed by atoms with Crippen molar-refractivity contribution in [1.29, 1.82) is 0 Å². The van der Waals surface area contributed by atoms with Gasteiger partial charge < -0.3 is 9.47 Å². The van der Waals surface area contributed by atoms with Crippen LogP contribution in [0.2, 0.25) is 0 Å². The average Bonchev–Trinajstić information content (AvgIpc) is 3.39. The molecule has 0 aliphatic heterocycles. The Balaban J connectivity index is 2.51. The summed E-state index contributed by atoms with van der Waals surface area (Å²) in [5.74, 6) is -3.24. The first-order valence-electron chi connectivity index (χ1n) is 13.2. The van der Waals surface area contributed by atoms with Crippen molar-refractivity contribution in [3.63, 3.8) is 0 Å². The van der Waals surface area contributed by atoms with Crippen LogP contribution in [0.3, 0.4) is 0 Å². The second-order valence-corrected chi connectivity index (χ2v) is 10.3. The van der Waals surface area contributed by atoms with E-state index in [0.29, 0.717) is 33.9 Å². The van der Waals surface area contributed by atoms with Gasteiger partial charge in [-0.15, -0.1) is 0 Å². The number of hydrogen-bond donors (Lipinski definition) is 2. The highest BCUT2D eigenvalue weighted by Crippen LogP contribution is 2.29. The minimum Gasteiger partial charge on any atom is -0.462 e. The predicted molar refractivity (Wildman–Crippen MR) is 146 cm³/mol. The number of carbonyl (C=O) groups is 4. The second kappa shape index (κ2) is 12.8. The number of rotatable bonds is 10. The standard InChI is InChI=1S/C28H42N4O6/c1-11-37-27(35)19-13-21(15(3)4)31(23(19)17(7)8)29-25(33)26(34)30-32-22(16(5)6)14-20(24(32)18(9)10)28(36)38-12-2/h13-18H,11-12H2,1-10H3,(H,29,33)(H,30,34). The summed E-state index contributed by atoms with van der Waals surface area (Å²) in [6.45, 7) is 19.2. The highest BCUT2D eigenvalue weighted by molar-refractivity contribution is 6.41. The van der Waals surface area contributed by atoms with Gasteiger partial charge in [0.05, 0.1) is 35.7 Å². The van der Waals surface area contributed by atoms with Gasteiger partial charge in [0, 0.05) is 11.4 Å². The largest absolute Gasteiger partial charge is 0.462 e. The number of nitrogens with one attached hydrogen (secondary N) is 2. The van der Waals surface area contributed by atoms with Crippen molar-refractivity contribution in [2.24, 2.45) is 0 Å². The molecular weight excluding hydrogens is 488 g/mol. The molecule has 10 heteroatoms. The molecule has 0 fully saturated rings. The lowest BCUT2D eigenvalue weighted by atomic mass is 10.1. The van der Waals surface area contributed by atoms with Crippen molar-refractivity contribution in [3.05, 3.63) is 46.0 Å². The Morgan fingerprint density at radius 1 is 0.632 bits per heavy atom. The molecule has 0 aliphatic carbocycles. The van der Waals surface area contributed by atoms with Gasteiger partial charge in [-0.3, -0.25) is 29.8 Å². The quantitative estimate of drug-likeness (QED) is 0.330. The van der Waals surface area contributed by atoms with E-state index in [1.54, 1.807) is 26.0 Å². The summed E-state index contributed by atoms with van der Waals surface area (Å²) in [4.78, 5) is 51.7. The summed E-state index contributed by atoms with van der Waals surface area (Å²) >= 11 is 0. The van der Waals surface area contributed by atoms with Crippen LogP contribution in [-0.4, -0.2) is 46.3 Å². The van der Waals surface area contributed by atoms with E-state index < -0.39 is 23.8 Å². The summed E-state index contributed by atoms with van der Waals surface area (Å²) in [7, 11) is 0. The molecule has 0 radical (unpaired) electrons. The van der Waals surface area contributed by atoms with E-state index in [2.05, 4.69) is 10.9 Å². The number of esters is 2. The number of hydrogen-bond acceptors (Lipinski definition) is 6. The van der Waals surface area contributed by atoms with Crippen LogP contribution in [0.15, 0.2) is 12.1 Å². The summed E-state index contributed by atoms with van der Waals surface area (Å²) in [6.07, 6.45) is 0. The fraction of sp³-hybridized carbons (Fsp3) is 0.571. The van der Waals surface area contributed by atoms with Gasteiger partial charge in [0.2, 0.25) is 0 Å². The maximum atomic E-state index is 13.2. The van der Waals surface area contributed by atoms with Crippen LogP contribution in [0.25, 0.3) is 0 Å². The van der Waals surface area contributed by atoms with Crippen LogP contribution in [0.5, 0.6) is 0 Å². The summed E-state index contributed by atoms with van der Waals surface area (Å²) < 4.78 is 13.5. The monoisotopic (exact) mass is 530 g/mol. The Hall–Kier alpha value is -3.56. The molecule has 0 bridgehead atoms. The van der Waals surface area contributed by atoms with Gasteiger partial charge >= 0.3 is 23.8 Å². The maximum Gasteiger partial charge on any atom is 0.340 e. The van der Waals surface area contributed by atoms with E-state index in [4.69, 9.17) is 9.47 Å². The average molecular weight is 531 g/mol. The first-order valence-corrected chi connectivity index (χ1v) is 13.2. The van der Waals surface area contributed by atoms with Gasteiger partial charge in [0.25, 0.3) is 0 Å². The first kappa shape index (κ1) is 30.7. The molecule has 2 amide bonds. The van der Waals surface area contributed by atoms with Crippen molar-refractivity contribution in [3.8, 4) is 0 Å². The number of aromatic nitrogens is 2. The fourth-order valence-electron chi connectivity index (χ4n) is 4.38. The van der Waals surface area contributed by atoms with Crippen molar-refractivity contribution in [2.45, 2.75) is 92.9 Å². The van der Waals surface area contributed by atoms with Gasteiger partial charge in [0.15, 0.2) is 0 Å². The fourth-order valence-corrected chi connectivity index (χ4v) is 4.38. The molecule has 0 saturated heterocycles. The van der Waals surface area contributed by atoms with Crippen LogP contribution in [-0.2, 0) is 19.1 Å². The van der Waals surface area contributed by atoms with Crippen LogP contribution in [0.1, 0.15) is 136 Å². The summed E-state index contributed by atoms with van der Waals surface area (Å²) in [5.41, 5.74) is 8.47. The molecule has 0 saturated carbocycles. The van der Waals surface area contributed by atoms with Gasteiger partial charge in [-0.2, -0.15) is 0 Å². The topological polar surface area (TPSA) is 121 Å². The SMILES string of the molecule is CCOC(=O)c1cc(C(C)C)n(NC(=O)C(=O)Nn2c(C(C)C)cc(C(=O)OCC)c2C(C)C)c1C(C)C. The maximum absolute atomic E-state index is 13.2. The third kappa shape index (κ3) is 6.46. The summed E-state index contributed by atoms with van der Waals surface area (Å²) in [6, 6.07) is 3.39. The second-order valence-electron chi connectivity index (χ2n) is 10.3. The van der Waals surface area contributed by atoms with E-state index >= 15 is 0 Å². The van der Waals surface area contributed by atoms with Gasteiger partial charge in [-0.1, -0.05) is 55.4 Å². The van der Waals surface area contributed by atoms with Gasteiger partial charge in [-0.25, -0.2) is 9.59 Å². The van der Waals surface area contributed by atoms with Crippen molar-refractivity contribution in [1.82, 2.24) is 9.35 Å². The van der Waals surface area contributed by atoms with Crippen molar-refractivity contribution >= 4 is 23.8 Å². The molecule has 2 heterocycles. The highest BCUT2D eigenvalue weighted by Gasteiger charge is 2.29. The minimum atomic E-state index is -0.921. The molecule has 2 aromatic heterocycles. The molecular formula is C28H42N4O6. The summed E-state index contributed by atoms with van der Waals surface area (Å²) in [5, 5.41) is 0. The lowest BCUT2D eigenvalue weighted by molar-refractivity contribution is -0.134. The Morgan fingerprint density at radius 2 is 0.947 bits per heavy atom. The zero-order valence-electron chi connectivity index (χ0n) is 24.2. The van der Waals surface area contributed by atoms with E-state index in [1.807, 2.05) is 55.4 Å². The van der Waals surface area contributed by atoms with Crippen LogP contribution in [0.4, 0.5) is 0 Å². The number of nitrogens with zero attached hydrogens (tertiary/aromatic N) is 2. The molecule has 2 rings (SSSR count). The van der Waals surface area contributed by atoms with E-state index in [0.717, 1.165) is 0 Å². The van der Waals surface area contributed by atoms with E-state index in [9.17, 15) is 19.2 Å².